The number of rotatable bonds is 10. The molecule has 1 aromatic carbocycles. The highest BCUT2D eigenvalue weighted by Gasteiger charge is 2.23. The Bertz CT molecular complexity index is 473. The summed E-state index contributed by atoms with van der Waals surface area (Å²) in [5.74, 6) is -1.61. The van der Waals surface area contributed by atoms with Crippen molar-refractivity contribution in [2.75, 3.05) is 0 Å². The second-order valence-corrected chi connectivity index (χ2v) is 6.01. The molecule has 22 heavy (non-hydrogen) atoms. The van der Waals surface area contributed by atoms with Crippen molar-refractivity contribution >= 4 is 11.9 Å². The minimum atomic E-state index is -0.927. The molecule has 0 saturated heterocycles. The van der Waals surface area contributed by atoms with Crippen molar-refractivity contribution in [3.63, 3.8) is 0 Å². The molecular weight excluding hydrogens is 282 g/mol. The number of aryl methyl sites for hydroxylation is 1. The third kappa shape index (κ3) is 7.22. The fourth-order valence-corrected chi connectivity index (χ4v) is 2.44. The van der Waals surface area contributed by atoms with Crippen molar-refractivity contribution in [1.29, 1.82) is 0 Å². The third-order valence-corrected chi connectivity index (χ3v) is 3.49. The van der Waals surface area contributed by atoms with Gasteiger partial charge in [-0.1, -0.05) is 44.2 Å². The number of carboxylic acids is 2. The first-order valence-corrected chi connectivity index (χ1v) is 7.63. The van der Waals surface area contributed by atoms with E-state index in [2.05, 4.69) is 5.32 Å². The first-order valence-electron chi connectivity index (χ1n) is 7.63. The fourth-order valence-electron chi connectivity index (χ4n) is 2.44. The molecule has 0 radical (unpaired) electrons. The number of hydrogen-bond donors (Lipinski definition) is 3. The normalized spacial score (nSPS) is 13.8. The third-order valence-electron chi connectivity index (χ3n) is 3.49. The van der Waals surface area contributed by atoms with Crippen LogP contribution in [0.3, 0.4) is 0 Å². The SMILES string of the molecule is CC(C)CC(N[C@H](CCc1ccccc1)CC(=O)O)C(=O)O. The average Bonchev–Trinajstić information content (AvgIpc) is 2.44. The first-order chi connectivity index (χ1) is 10.4. The molecule has 0 saturated carbocycles. The van der Waals surface area contributed by atoms with Gasteiger partial charge in [-0.15, -0.1) is 0 Å². The van der Waals surface area contributed by atoms with Gasteiger partial charge in [0.1, 0.15) is 6.04 Å². The number of aliphatic carboxylic acids is 2. The lowest BCUT2D eigenvalue weighted by atomic mass is 9.99. The Morgan fingerprint density at radius 3 is 2.27 bits per heavy atom. The molecular formula is C17H25NO4. The lowest BCUT2D eigenvalue weighted by Crippen LogP contribution is -2.45. The van der Waals surface area contributed by atoms with Gasteiger partial charge in [0, 0.05) is 6.04 Å². The van der Waals surface area contributed by atoms with Crippen LogP contribution in [0.15, 0.2) is 30.3 Å². The number of carboxylic acid groups (broad SMARTS) is 2. The van der Waals surface area contributed by atoms with E-state index < -0.39 is 18.0 Å². The molecule has 0 spiro atoms. The molecule has 3 N–H and O–H groups in total. The summed E-state index contributed by atoms with van der Waals surface area (Å²) in [5, 5.41) is 21.3. The predicted octanol–water partition coefficient (Wildman–Crippen LogP) is 2.55. The topological polar surface area (TPSA) is 86.6 Å². The molecule has 0 heterocycles. The maximum atomic E-state index is 11.3. The van der Waals surface area contributed by atoms with Crippen LogP contribution in [0, 0.1) is 5.92 Å². The zero-order valence-corrected chi connectivity index (χ0v) is 13.2. The van der Waals surface area contributed by atoms with Gasteiger partial charge in [-0.3, -0.25) is 9.59 Å². The van der Waals surface area contributed by atoms with Gasteiger partial charge in [0.15, 0.2) is 0 Å². The summed E-state index contributed by atoms with van der Waals surface area (Å²) in [6, 6.07) is 8.72. The number of benzene rings is 1. The molecule has 0 aliphatic rings. The second kappa shape index (κ2) is 9.20. The monoisotopic (exact) mass is 307 g/mol. The van der Waals surface area contributed by atoms with Gasteiger partial charge in [-0.05, 0) is 30.7 Å². The highest BCUT2D eigenvalue weighted by molar-refractivity contribution is 5.73. The van der Waals surface area contributed by atoms with Gasteiger partial charge in [0.25, 0.3) is 0 Å². The molecule has 0 aliphatic heterocycles. The van der Waals surface area contributed by atoms with Crippen LogP contribution in [0.25, 0.3) is 0 Å². The standard InChI is InChI=1S/C17H25NO4/c1-12(2)10-15(17(21)22)18-14(11-16(19)20)9-8-13-6-4-3-5-7-13/h3-7,12,14-15,18H,8-11H2,1-2H3,(H,19,20)(H,21,22)/t14-,15?/m1/s1. The van der Waals surface area contributed by atoms with E-state index in [1.807, 2.05) is 44.2 Å². The summed E-state index contributed by atoms with van der Waals surface area (Å²) >= 11 is 0. The van der Waals surface area contributed by atoms with Gasteiger partial charge in [0.2, 0.25) is 0 Å². The molecule has 1 unspecified atom stereocenters. The molecule has 0 fully saturated rings. The largest absolute Gasteiger partial charge is 0.481 e. The molecule has 1 rings (SSSR count). The number of carbonyl (C=O) groups is 2. The van der Waals surface area contributed by atoms with Crippen LogP contribution < -0.4 is 5.32 Å². The Balaban J connectivity index is 2.65. The van der Waals surface area contributed by atoms with Crippen molar-refractivity contribution in [3.8, 4) is 0 Å². The van der Waals surface area contributed by atoms with Gasteiger partial charge < -0.3 is 15.5 Å². The number of nitrogens with one attached hydrogen (secondary N) is 1. The van der Waals surface area contributed by atoms with Crippen molar-refractivity contribution in [1.82, 2.24) is 5.32 Å². The maximum Gasteiger partial charge on any atom is 0.320 e. The Morgan fingerprint density at radius 1 is 1.14 bits per heavy atom. The molecule has 5 nitrogen and oxygen atoms in total. The van der Waals surface area contributed by atoms with Crippen LogP contribution in [-0.2, 0) is 16.0 Å². The van der Waals surface area contributed by atoms with Crippen LogP contribution in [0.4, 0.5) is 0 Å². The summed E-state index contributed by atoms with van der Waals surface area (Å²) in [7, 11) is 0. The summed E-state index contributed by atoms with van der Waals surface area (Å²) in [6.45, 7) is 3.90. The molecule has 0 bridgehead atoms. The summed E-state index contributed by atoms with van der Waals surface area (Å²) in [4.78, 5) is 22.3. The van der Waals surface area contributed by atoms with Crippen LogP contribution in [0.5, 0.6) is 0 Å². The van der Waals surface area contributed by atoms with Crippen molar-refractivity contribution in [3.05, 3.63) is 35.9 Å². The Hall–Kier alpha value is -1.88. The molecule has 1 aromatic rings. The Labute approximate surface area is 131 Å². The first kappa shape index (κ1) is 18.2. The van der Waals surface area contributed by atoms with Gasteiger partial charge in [0.05, 0.1) is 6.42 Å². The highest BCUT2D eigenvalue weighted by atomic mass is 16.4. The minimum absolute atomic E-state index is 0.0747. The van der Waals surface area contributed by atoms with E-state index in [4.69, 9.17) is 5.11 Å². The highest BCUT2D eigenvalue weighted by Crippen LogP contribution is 2.11. The molecule has 5 heteroatoms. The fraction of sp³-hybridized carbons (Fsp3) is 0.529. The van der Waals surface area contributed by atoms with Crippen LogP contribution in [-0.4, -0.2) is 34.2 Å². The van der Waals surface area contributed by atoms with E-state index >= 15 is 0 Å². The van der Waals surface area contributed by atoms with Crippen LogP contribution >= 0.6 is 0 Å². The smallest absolute Gasteiger partial charge is 0.320 e. The van der Waals surface area contributed by atoms with Gasteiger partial charge in [-0.2, -0.15) is 0 Å². The summed E-state index contributed by atoms with van der Waals surface area (Å²) in [6.07, 6.45) is 1.73. The maximum absolute atomic E-state index is 11.3. The van der Waals surface area contributed by atoms with Crippen molar-refractivity contribution in [2.45, 2.75) is 51.6 Å². The Morgan fingerprint density at radius 2 is 1.77 bits per heavy atom. The van der Waals surface area contributed by atoms with E-state index in [1.54, 1.807) is 0 Å². The molecule has 122 valence electrons. The predicted molar refractivity (Wildman–Crippen MR) is 84.8 cm³/mol. The zero-order chi connectivity index (χ0) is 16.5. The van der Waals surface area contributed by atoms with E-state index in [0.29, 0.717) is 12.8 Å². The number of hydrogen-bond acceptors (Lipinski definition) is 3. The average molecular weight is 307 g/mol. The minimum Gasteiger partial charge on any atom is -0.481 e. The Kier molecular flexibility index (Phi) is 7.60. The van der Waals surface area contributed by atoms with Crippen LogP contribution in [0.2, 0.25) is 0 Å². The van der Waals surface area contributed by atoms with Gasteiger partial charge in [-0.25, -0.2) is 0 Å². The van der Waals surface area contributed by atoms with Gasteiger partial charge >= 0.3 is 11.9 Å². The van der Waals surface area contributed by atoms with E-state index in [0.717, 1.165) is 12.0 Å². The van der Waals surface area contributed by atoms with E-state index in [1.165, 1.54) is 0 Å². The molecule has 0 amide bonds. The van der Waals surface area contributed by atoms with E-state index in [9.17, 15) is 14.7 Å². The van der Waals surface area contributed by atoms with Crippen molar-refractivity contribution < 1.29 is 19.8 Å². The quantitative estimate of drug-likeness (QED) is 0.618. The second-order valence-electron chi connectivity index (χ2n) is 6.01. The summed E-state index contributed by atoms with van der Waals surface area (Å²) in [5.41, 5.74) is 1.12. The molecule has 2 atom stereocenters. The lowest BCUT2D eigenvalue weighted by Gasteiger charge is -2.23. The zero-order valence-electron chi connectivity index (χ0n) is 13.2. The summed E-state index contributed by atoms with van der Waals surface area (Å²) < 4.78 is 0. The van der Waals surface area contributed by atoms with Crippen LogP contribution in [0.1, 0.15) is 38.7 Å². The molecule has 0 aromatic heterocycles. The van der Waals surface area contributed by atoms with Crippen molar-refractivity contribution in [2.24, 2.45) is 5.92 Å². The molecule has 0 aliphatic carbocycles. The van der Waals surface area contributed by atoms with E-state index in [-0.39, 0.29) is 18.4 Å². The lowest BCUT2D eigenvalue weighted by molar-refractivity contribution is -0.142.